The van der Waals surface area contributed by atoms with Crippen LogP contribution in [0, 0.1) is 0 Å². The Hall–Kier alpha value is -0.730. The van der Waals surface area contributed by atoms with Crippen molar-refractivity contribution in [2.24, 2.45) is 9.98 Å². The first-order chi connectivity index (χ1) is 3.31. The van der Waals surface area contributed by atoms with Crippen LogP contribution < -0.4 is 0 Å². The van der Waals surface area contributed by atoms with Gasteiger partial charge in [-0.15, -0.1) is 0 Å². The molecule has 3 heteroatoms. The van der Waals surface area contributed by atoms with Crippen molar-refractivity contribution in [3.8, 4) is 0 Å². The molecule has 0 saturated heterocycles. The zero-order valence-corrected chi connectivity index (χ0v) is 4.35. The minimum Gasteiger partial charge on any atom is -0.292 e. The van der Waals surface area contributed by atoms with Crippen LogP contribution in [-0.4, -0.2) is 26.3 Å². The van der Waals surface area contributed by atoms with Crippen molar-refractivity contribution in [3.63, 3.8) is 0 Å². The molecule has 0 N–H and O–H groups in total. The second-order valence-corrected chi connectivity index (χ2v) is 0.934. The maximum atomic E-state index is 11.7. The van der Waals surface area contributed by atoms with E-state index in [-0.39, 0.29) is 0 Å². The normalized spacial score (nSPS) is 13.3. The molecule has 0 radical (unpaired) electrons. The third-order valence-corrected chi connectivity index (χ3v) is 0.449. The van der Waals surface area contributed by atoms with Gasteiger partial charge in [0.1, 0.15) is 0 Å². The summed E-state index contributed by atoms with van der Waals surface area (Å²) in [7, 11) is 2.86. The fraction of sp³-hybridized carbons (Fsp3) is 0.500. The van der Waals surface area contributed by atoms with Crippen LogP contribution in [0.3, 0.4) is 0 Å². The van der Waals surface area contributed by atoms with Crippen LogP contribution in [0.5, 0.6) is 0 Å². The predicted octanol–water partition coefficient (Wildman–Crippen LogP) is 0.685. The van der Waals surface area contributed by atoms with Gasteiger partial charge >= 0.3 is 0 Å². The third kappa shape index (κ3) is 3.09. The van der Waals surface area contributed by atoms with Gasteiger partial charge in [-0.05, 0) is 0 Å². The number of hydrogen-bond acceptors (Lipinski definition) is 2. The van der Waals surface area contributed by atoms with Gasteiger partial charge in [0.15, 0.2) is 0 Å². The molecule has 0 aliphatic carbocycles. The molecular weight excluding hydrogens is 95.1 g/mol. The molecule has 0 fully saturated rings. The Morgan fingerprint density at radius 3 is 2.29 bits per heavy atom. The highest BCUT2D eigenvalue weighted by Crippen LogP contribution is 1.70. The van der Waals surface area contributed by atoms with Crippen molar-refractivity contribution < 1.29 is 4.39 Å². The van der Waals surface area contributed by atoms with Crippen LogP contribution in [0.1, 0.15) is 0 Å². The first kappa shape index (κ1) is 6.27. The number of aliphatic imine (C=N–C) groups is 2. The summed E-state index contributed by atoms with van der Waals surface area (Å²) in [6.07, 6.45) is 1.06. The molecule has 0 aliphatic rings. The van der Waals surface area contributed by atoms with Gasteiger partial charge < -0.3 is 0 Å². The fourth-order valence-corrected chi connectivity index (χ4v) is 0.164. The molecule has 0 atom stereocenters. The molecule has 0 amide bonds. The Bertz CT molecular complexity index is 95.9. The molecule has 0 aromatic heterocycles. The standard InChI is InChI=1S/C4H7FN2/c1-6-3-4(5)7-2/h3H,1-2H3. The van der Waals surface area contributed by atoms with Crippen molar-refractivity contribution >= 4 is 12.2 Å². The highest BCUT2D eigenvalue weighted by Gasteiger charge is 1.79. The highest BCUT2D eigenvalue weighted by molar-refractivity contribution is 6.25. The van der Waals surface area contributed by atoms with Crippen molar-refractivity contribution in [2.75, 3.05) is 14.1 Å². The summed E-state index contributed by atoms with van der Waals surface area (Å²) in [6, 6.07) is 0. The van der Waals surface area contributed by atoms with E-state index in [9.17, 15) is 4.39 Å². The average molecular weight is 102 g/mol. The monoisotopic (exact) mass is 102 g/mol. The van der Waals surface area contributed by atoms with Gasteiger partial charge in [-0.2, -0.15) is 4.39 Å². The van der Waals surface area contributed by atoms with Gasteiger partial charge in [-0.3, -0.25) is 9.98 Å². The van der Waals surface area contributed by atoms with Crippen LogP contribution >= 0.6 is 0 Å². The Balaban J connectivity index is 3.58. The summed E-state index contributed by atoms with van der Waals surface area (Å²) in [5.74, 6) is -0.539. The second kappa shape index (κ2) is 3.46. The van der Waals surface area contributed by atoms with E-state index < -0.39 is 5.97 Å². The van der Waals surface area contributed by atoms with Gasteiger partial charge in [0, 0.05) is 14.1 Å². The first-order valence-electron chi connectivity index (χ1n) is 1.85. The molecule has 0 bridgehead atoms. The third-order valence-electron chi connectivity index (χ3n) is 0.449. The molecule has 0 unspecified atom stereocenters. The molecule has 0 heterocycles. The van der Waals surface area contributed by atoms with Gasteiger partial charge in [0.2, 0.25) is 5.97 Å². The lowest BCUT2D eigenvalue weighted by Crippen LogP contribution is -1.86. The first-order valence-corrected chi connectivity index (χ1v) is 1.85. The smallest absolute Gasteiger partial charge is 0.226 e. The summed E-state index contributed by atoms with van der Waals surface area (Å²) in [6.45, 7) is 0. The van der Waals surface area contributed by atoms with E-state index in [1.165, 1.54) is 14.1 Å². The van der Waals surface area contributed by atoms with Gasteiger partial charge in [-0.1, -0.05) is 0 Å². The van der Waals surface area contributed by atoms with Crippen LogP contribution in [-0.2, 0) is 0 Å². The summed E-state index contributed by atoms with van der Waals surface area (Å²) in [5.41, 5.74) is 0. The second-order valence-electron chi connectivity index (χ2n) is 0.934. The molecule has 0 aromatic carbocycles. The fourth-order valence-electron chi connectivity index (χ4n) is 0.164. The molecule has 0 spiro atoms. The largest absolute Gasteiger partial charge is 0.292 e. The van der Waals surface area contributed by atoms with Crippen LogP contribution in [0.15, 0.2) is 9.98 Å². The zero-order valence-electron chi connectivity index (χ0n) is 4.35. The lowest BCUT2D eigenvalue weighted by molar-refractivity contribution is 0.819. The van der Waals surface area contributed by atoms with Crippen LogP contribution in [0.25, 0.3) is 0 Å². The molecule has 0 rings (SSSR count). The van der Waals surface area contributed by atoms with Gasteiger partial charge in [-0.25, -0.2) is 0 Å². The van der Waals surface area contributed by atoms with Crippen LogP contribution in [0.2, 0.25) is 0 Å². The SMILES string of the molecule is CN=CC(F)=NC. The molecule has 0 aromatic rings. The number of rotatable bonds is 1. The minimum atomic E-state index is -0.539. The van der Waals surface area contributed by atoms with Crippen molar-refractivity contribution in [1.29, 1.82) is 0 Å². The minimum absolute atomic E-state index is 0.539. The predicted molar refractivity (Wildman–Crippen MR) is 28.9 cm³/mol. The maximum Gasteiger partial charge on any atom is 0.226 e. The Labute approximate surface area is 41.8 Å². The van der Waals surface area contributed by atoms with Crippen molar-refractivity contribution in [1.82, 2.24) is 0 Å². The van der Waals surface area contributed by atoms with Gasteiger partial charge in [0.05, 0.1) is 6.21 Å². The van der Waals surface area contributed by atoms with E-state index in [1.807, 2.05) is 0 Å². The maximum absolute atomic E-state index is 11.7. The van der Waals surface area contributed by atoms with E-state index in [0.29, 0.717) is 0 Å². The van der Waals surface area contributed by atoms with E-state index >= 15 is 0 Å². The molecular formula is C4H7FN2. The molecule has 40 valence electrons. The van der Waals surface area contributed by atoms with E-state index in [4.69, 9.17) is 0 Å². The Morgan fingerprint density at radius 2 is 2.14 bits per heavy atom. The summed E-state index contributed by atoms with van der Waals surface area (Å²) < 4.78 is 11.7. The van der Waals surface area contributed by atoms with Crippen molar-refractivity contribution in [3.05, 3.63) is 0 Å². The zero-order chi connectivity index (χ0) is 5.70. The molecule has 0 saturated carbocycles. The number of halogens is 1. The lowest BCUT2D eigenvalue weighted by Gasteiger charge is -1.75. The van der Waals surface area contributed by atoms with Crippen molar-refractivity contribution in [2.45, 2.75) is 0 Å². The number of nitrogens with zero attached hydrogens (tertiary/aromatic N) is 2. The molecule has 0 aliphatic heterocycles. The number of hydrogen-bond donors (Lipinski definition) is 0. The van der Waals surface area contributed by atoms with E-state index in [0.717, 1.165) is 6.21 Å². The average Bonchev–Trinajstić information content (AvgIpc) is 1.68. The summed E-state index contributed by atoms with van der Waals surface area (Å²) in [5, 5.41) is 0. The summed E-state index contributed by atoms with van der Waals surface area (Å²) in [4.78, 5) is 6.55. The van der Waals surface area contributed by atoms with Crippen LogP contribution in [0.4, 0.5) is 4.39 Å². The van der Waals surface area contributed by atoms with E-state index in [2.05, 4.69) is 9.98 Å². The quantitative estimate of drug-likeness (QED) is 0.435. The lowest BCUT2D eigenvalue weighted by atomic mass is 10.7. The molecule has 2 nitrogen and oxygen atoms in total. The van der Waals surface area contributed by atoms with E-state index in [1.54, 1.807) is 0 Å². The molecule has 7 heavy (non-hydrogen) atoms. The Morgan fingerprint density at radius 1 is 1.57 bits per heavy atom. The van der Waals surface area contributed by atoms with Gasteiger partial charge in [0.25, 0.3) is 0 Å². The Kier molecular flexibility index (Phi) is 3.10. The summed E-state index contributed by atoms with van der Waals surface area (Å²) >= 11 is 0. The topological polar surface area (TPSA) is 24.7 Å². The highest BCUT2D eigenvalue weighted by atomic mass is 19.1.